The maximum atomic E-state index is 13.2. The van der Waals surface area contributed by atoms with Gasteiger partial charge in [-0.25, -0.2) is 0 Å². The molecule has 2 N–H and O–H groups in total. The molecule has 6 nitrogen and oxygen atoms in total. The lowest BCUT2D eigenvalue weighted by molar-refractivity contribution is -0.200. The Hall–Kier alpha value is -1.34. The smallest absolute Gasteiger partial charge is 0.193 e. The molecule has 5 rings (SSSR count). The van der Waals surface area contributed by atoms with Gasteiger partial charge in [0.15, 0.2) is 23.5 Å². The van der Waals surface area contributed by atoms with Crippen LogP contribution in [0.4, 0.5) is 0 Å². The molecule has 1 aliphatic heterocycles. The zero-order valence-electron chi connectivity index (χ0n) is 18.7. The van der Waals surface area contributed by atoms with Crippen LogP contribution in [0.1, 0.15) is 59.3 Å². The Labute approximate surface area is 183 Å². The summed E-state index contributed by atoms with van der Waals surface area (Å²) in [4.78, 5) is 25.2. The summed E-state index contributed by atoms with van der Waals surface area (Å²) in [5.74, 6) is 0.0274. The molecule has 5 aliphatic rings. The third-order valence-electron chi connectivity index (χ3n) is 9.37. The van der Waals surface area contributed by atoms with E-state index < -0.39 is 36.1 Å². The molecule has 1 saturated heterocycles. The van der Waals surface area contributed by atoms with Crippen LogP contribution < -0.4 is 0 Å². The third-order valence-corrected chi connectivity index (χ3v) is 9.37. The van der Waals surface area contributed by atoms with Gasteiger partial charge in [-0.15, -0.1) is 0 Å². The highest BCUT2D eigenvalue weighted by molar-refractivity contribution is 6.01. The number of allylic oxidation sites excluding steroid dienone is 4. The first-order valence-corrected chi connectivity index (χ1v) is 11.8. The Kier molecular flexibility index (Phi) is 4.91. The van der Waals surface area contributed by atoms with Crippen molar-refractivity contribution < 1.29 is 29.3 Å². The van der Waals surface area contributed by atoms with Gasteiger partial charge in [-0.05, 0) is 56.1 Å². The molecule has 0 amide bonds. The number of carbonyl (C=O) groups is 2. The fourth-order valence-corrected chi connectivity index (χ4v) is 8.12. The number of Topliss-reactive ketones (excluding diaryl/α,β-unsaturated/α-hetero) is 1. The minimum atomic E-state index is -1.20. The summed E-state index contributed by atoms with van der Waals surface area (Å²) in [5, 5.41) is 21.4. The average molecular weight is 431 g/mol. The predicted molar refractivity (Wildman–Crippen MR) is 113 cm³/mol. The lowest BCUT2D eigenvalue weighted by Crippen LogP contribution is -2.63. The van der Waals surface area contributed by atoms with E-state index in [1.165, 1.54) is 0 Å². The second kappa shape index (κ2) is 7.08. The van der Waals surface area contributed by atoms with Crippen molar-refractivity contribution in [3.05, 3.63) is 23.8 Å². The highest BCUT2D eigenvalue weighted by Gasteiger charge is 2.75. The maximum absolute atomic E-state index is 13.2. The SMILES string of the molecule is CCC[C@H]1O[C@@H]2C[C@@H]3[C@H]4CCC5=CC(=O)C=C[C@]5(C)[C@@H]4[C@@H](O)C[C@]3(C)[C@@]2(C(=O)CO)O1. The quantitative estimate of drug-likeness (QED) is 0.712. The number of ketones is 2. The molecule has 0 aromatic heterocycles. The van der Waals surface area contributed by atoms with Crippen LogP contribution in [0.15, 0.2) is 23.8 Å². The molecule has 0 aromatic carbocycles. The van der Waals surface area contributed by atoms with Gasteiger partial charge in [0.2, 0.25) is 0 Å². The number of rotatable bonds is 4. The summed E-state index contributed by atoms with van der Waals surface area (Å²) >= 11 is 0. The summed E-state index contributed by atoms with van der Waals surface area (Å²) in [6.45, 7) is 5.67. The number of carbonyl (C=O) groups excluding carboxylic acids is 2. The second-order valence-corrected chi connectivity index (χ2v) is 10.7. The Morgan fingerprint density at radius 3 is 2.81 bits per heavy atom. The Morgan fingerprint density at radius 1 is 1.32 bits per heavy atom. The van der Waals surface area contributed by atoms with Crippen LogP contribution >= 0.6 is 0 Å². The summed E-state index contributed by atoms with van der Waals surface area (Å²) in [6, 6.07) is 0. The van der Waals surface area contributed by atoms with E-state index in [4.69, 9.17) is 9.47 Å². The van der Waals surface area contributed by atoms with Crippen LogP contribution in [0.25, 0.3) is 0 Å². The predicted octanol–water partition coefficient (Wildman–Crippen LogP) is 2.72. The molecule has 170 valence electrons. The molecule has 4 fully saturated rings. The van der Waals surface area contributed by atoms with E-state index in [9.17, 15) is 19.8 Å². The van der Waals surface area contributed by atoms with Crippen LogP contribution in [0.3, 0.4) is 0 Å². The van der Waals surface area contributed by atoms with Gasteiger partial charge in [-0.1, -0.05) is 38.8 Å². The van der Waals surface area contributed by atoms with E-state index in [0.717, 1.165) is 24.8 Å². The number of hydrogen-bond donors (Lipinski definition) is 2. The van der Waals surface area contributed by atoms with Crippen LogP contribution in [0, 0.1) is 28.6 Å². The number of ether oxygens (including phenoxy) is 2. The third kappa shape index (κ3) is 2.65. The normalized spacial score (nSPS) is 50.4. The van der Waals surface area contributed by atoms with Crippen molar-refractivity contribution in [3.8, 4) is 0 Å². The van der Waals surface area contributed by atoms with Gasteiger partial charge in [-0.2, -0.15) is 0 Å². The van der Waals surface area contributed by atoms with Gasteiger partial charge in [0.1, 0.15) is 6.61 Å². The Morgan fingerprint density at radius 2 is 2.10 bits per heavy atom. The maximum Gasteiger partial charge on any atom is 0.193 e. The highest BCUT2D eigenvalue weighted by atomic mass is 16.7. The second-order valence-electron chi connectivity index (χ2n) is 10.7. The molecule has 0 radical (unpaired) electrons. The summed E-state index contributed by atoms with van der Waals surface area (Å²) in [6.07, 6.45) is 8.31. The lowest BCUT2D eigenvalue weighted by Gasteiger charge is -2.59. The summed E-state index contributed by atoms with van der Waals surface area (Å²) < 4.78 is 12.7. The minimum absolute atomic E-state index is 0.0125. The van der Waals surface area contributed by atoms with Crippen molar-refractivity contribution >= 4 is 11.6 Å². The van der Waals surface area contributed by atoms with Crippen LogP contribution in [-0.2, 0) is 19.1 Å². The van der Waals surface area contributed by atoms with Crippen LogP contribution in [-0.4, -0.2) is 52.5 Å². The molecule has 4 aliphatic carbocycles. The number of aliphatic hydroxyl groups is 2. The van der Waals surface area contributed by atoms with Gasteiger partial charge >= 0.3 is 0 Å². The topological polar surface area (TPSA) is 93.1 Å². The van der Waals surface area contributed by atoms with Crippen molar-refractivity contribution in [2.75, 3.05) is 6.61 Å². The minimum Gasteiger partial charge on any atom is -0.393 e. The van der Waals surface area contributed by atoms with Crippen molar-refractivity contribution in [1.29, 1.82) is 0 Å². The zero-order valence-corrected chi connectivity index (χ0v) is 18.7. The zero-order chi connectivity index (χ0) is 22.2. The van der Waals surface area contributed by atoms with E-state index in [1.54, 1.807) is 12.2 Å². The molecule has 0 spiro atoms. The fraction of sp³-hybridized carbons (Fsp3) is 0.760. The largest absolute Gasteiger partial charge is 0.393 e. The monoisotopic (exact) mass is 430 g/mol. The molecule has 1 heterocycles. The van der Waals surface area contributed by atoms with Gasteiger partial charge in [0, 0.05) is 16.7 Å². The van der Waals surface area contributed by atoms with Crippen molar-refractivity contribution in [2.45, 2.75) is 83.4 Å². The Bertz CT molecular complexity index is 862. The molecule has 31 heavy (non-hydrogen) atoms. The van der Waals surface area contributed by atoms with Crippen molar-refractivity contribution in [1.82, 2.24) is 0 Å². The number of fused-ring (bicyclic) bond motifs is 7. The van der Waals surface area contributed by atoms with Crippen LogP contribution in [0.5, 0.6) is 0 Å². The standard InChI is InChI=1S/C25H34O6/c1-4-5-21-30-20-11-17-16-7-6-14-10-15(27)8-9-23(14,2)22(16)18(28)12-24(17,3)25(20,31-21)19(29)13-26/h8-10,16-18,20-22,26,28H,4-7,11-13H2,1-3H3/t16-,17-,18+,20-,21+,22+,23+,24+,25+/m1/s1. The van der Waals surface area contributed by atoms with E-state index >= 15 is 0 Å². The Balaban J connectivity index is 1.55. The molecule has 0 unspecified atom stereocenters. The molecule has 0 bridgehead atoms. The van der Waals surface area contributed by atoms with E-state index in [1.807, 2.05) is 6.08 Å². The molecule has 3 saturated carbocycles. The summed E-state index contributed by atoms with van der Waals surface area (Å²) in [7, 11) is 0. The first kappa shape index (κ1) is 21.5. The average Bonchev–Trinajstić information content (AvgIpc) is 3.20. The van der Waals surface area contributed by atoms with Gasteiger partial charge in [0.05, 0.1) is 12.2 Å². The van der Waals surface area contributed by atoms with E-state index in [-0.39, 0.29) is 34.7 Å². The van der Waals surface area contributed by atoms with Gasteiger partial charge < -0.3 is 19.7 Å². The van der Waals surface area contributed by atoms with Gasteiger partial charge in [0.25, 0.3) is 0 Å². The highest BCUT2D eigenvalue weighted by Crippen LogP contribution is 2.69. The van der Waals surface area contributed by atoms with Crippen LogP contribution in [0.2, 0.25) is 0 Å². The number of aliphatic hydroxyl groups excluding tert-OH is 2. The van der Waals surface area contributed by atoms with E-state index in [0.29, 0.717) is 19.3 Å². The van der Waals surface area contributed by atoms with Crippen molar-refractivity contribution in [3.63, 3.8) is 0 Å². The van der Waals surface area contributed by atoms with Gasteiger partial charge in [-0.3, -0.25) is 9.59 Å². The molecule has 0 aromatic rings. The van der Waals surface area contributed by atoms with Crippen molar-refractivity contribution in [2.24, 2.45) is 28.6 Å². The first-order chi connectivity index (χ1) is 14.7. The molecular formula is C25H34O6. The summed E-state index contributed by atoms with van der Waals surface area (Å²) in [5.41, 5.74) is -1.05. The number of hydrogen-bond acceptors (Lipinski definition) is 6. The molecule has 6 heteroatoms. The lowest BCUT2D eigenvalue weighted by atomic mass is 9.46. The molecule has 9 atom stereocenters. The molecular weight excluding hydrogens is 396 g/mol. The fourth-order valence-electron chi connectivity index (χ4n) is 8.12. The van der Waals surface area contributed by atoms with E-state index in [2.05, 4.69) is 20.8 Å². The first-order valence-electron chi connectivity index (χ1n) is 11.8.